The van der Waals surface area contributed by atoms with Crippen LogP contribution in [0.5, 0.6) is 0 Å². The number of rotatable bonds is 11. The zero-order valence-corrected chi connectivity index (χ0v) is 23.6. The maximum absolute atomic E-state index is 13.2. The summed E-state index contributed by atoms with van der Waals surface area (Å²) < 4.78 is 0. The third-order valence-electron chi connectivity index (χ3n) is 7.06. The van der Waals surface area contributed by atoms with Crippen LogP contribution in [0.4, 0.5) is 11.4 Å². The summed E-state index contributed by atoms with van der Waals surface area (Å²) in [6.45, 7) is 6.23. The number of amides is 4. The quantitative estimate of drug-likeness (QED) is 0.360. The zero-order valence-electron chi connectivity index (χ0n) is 23.6. The summed E-state index contributed by atoms with van der Waals surface area (Å²) in [5.41, 5.74) is 9.52. The van der Waals surface area contributed by atoms with Gasteiger partial charge in [-0.3, -0.25) is 24.2 Å². The highest BCUT2D eigenvalue weighted by molar-refractivity contribution is 6.07. The van der Waals surface area contributed by atoms with Gasteiger partial charge in [0.05, 0.1) is 17.6 Å². The molecule has 2 aliphatic heterocycles. The lowest BCUT2D eigenvalue weighted by Crippen LogP contribution is -2.42. The number of fused-ring (bicyclic) bond motifs is 1. The van der Waals surface area contributed by atoms with Gasteiger partial charge in [-0.2, -0.15) is 0 Å². The van der Waals surface area contributed by atoms with Crippen LogP contribution in [0, 0.1) is 0 Å². The fraction of sp³-hybridized carbons (Fsp3) is 0.400. The Kier molecular flexibility index (Phi) is 9.83. The van der Waals surface area contributed by atoms with Crippen molar-refractivity contribution in [3.05, 3.63) is 58.9 Å². The molecular weight excluding hydrogens is 522 g/mol. The van der Waals surface area contributed by atoms with E-state index in [9.17, 15) is 19.2 Å². The largest absolute Gasteiger partial charge is 0.387 e. The van der Waals surface area contributed by atoms with Crippen molar-refractivity contribution in [2.75, 3.05) is 25.0 Å². The van der Waals surface area contributed by atoms with E-state index in [0.29, 0.717) is 71.9 Å². The van der Waals surface area contributed by atoms with Crippen molar-refractivity contribution in [3.8, 4) is 0 Å². The van der Waals surface area contributed by atoms with Gasteiger partial charge in [0.15, 0.2) is 0 Å². The number of benzene rings is 1. The van der Waals surface area contributed by atoms with Crippen LogP contribution in [0.1, 0.15) is 67.4 Å². The first kappa shape index (κ1) is 29.4. The predicted octanol–water partition coefficient (Wildman–Crippen LogP) is 3.00. The van der Waals surface area contributed by atoms with Gasteiger partial charge in [0.1, 0.15) is 11.9 Å². The fourth-order valence-corrected chi connectivity index (χ4v) is 5.09. The number of anilines is 1. The molecule has 1 saturated heterocycles. The average Bonchev–Trinajstić information content (AvgIpc) is 3.38. The molecule has 0 saturated carbocycles. The van der Waals surface area contributed by atoms with Crippen LogP contribution in [0.3, 0.4) is 0 Å². The molecule has 0 spiro atoms. The third kappa shape index (κ3) is 7.36. The van der Waals surface area contributed by atoms with Crippen LogP contribution in [0.15, 0.2) is 47.2 Å². The summed E-state index contributed by atoms with van der Waals surface area (Å²) in [4.78, 5) is 62.0. The Bertz CT molecular complexity index is 1360. The van der Waals surface area contributed by atoms with E-state index in [2.05, 4.69) is 20.6 Å². The van der Waals surface area contributed by atoms with Crippen LogP contribution >= 0.6 is 0 Å². The van der Waals surface area contributed by atoms with Crippen molar-refractivity contribution in [2.24, 2.45) is 10.7 Å². The fourth-order valence-electron chi connectivity index (χ4n) is 5.09. The Morgan fingerprint density at radius 2 is 1.93 bits per heavy atom. The number of hydrogen-bond donors (Lipinski definition) is 3. The third-order valence-corrected chi connectivity index (χ3v) is 7.06. The zero-order chi connectivity index (χ0) is 29.4. The van der Waals surface area contributed by atoms with E-state index in [4.69, 9.17) is 5.73 Å². The number of likely N-dealkylation sites (tertiary alicyclic amines) is 1. The van der Waals surface area contributed by atoms with Crippen LogP contribution in [0.25, 0.3) is 6.08 Å². The highest BCUT2D eigenvalue weighted by Gasteiger charge is 2.29. The normalized spacial score (nSPS) is 16.1. The van der Waals surface area contributed by atoms with Crippen molar-refractivity contribution in [1.29, 1.82) is 0 Å². The Balaban J connectivity index is 1.44. The smallest absolute Gasteiger partial charge is 0.255 e. The second-order valence-corrected chi connectivity index (χ2v) is 10.3. The number of pyridine rings is 1. The van der Waals surface area contributed by atoms with Crippen molar-refractivity contribution in [3.63, 3.8) is 0 Å². The van der Waals surface area contributed by atoms with E-state index in [1.165, 1.54) is 11.1 Å². The monoisotopic (exact) mass is 559 g/mol. The van der Waals surface area contributed by atoms with E-state index in [0.717, 1.165) is 19.3 Å². The van der Waals surface area contributed by atoms with Crippen molar-refractivity contribution in [2.45, 2.75) is 58.5 Å². The molecule has 4 rings (SSSR count). The predicted molar refractivity (Wildman–Crippen MR) is 157 cm³/mol. The van der Waals surface area contributed by atoms with Gasteiger partial charge >= 0.3 is 0 Å². The lowest BCUT2D eigenvalue weighted by molar-refractivity contribution is -0.131. The minimum absolute atomic E-state index is 0.0469. The summed E-state index contributed by atoms with van der Waals surface area (Å²) in [6, 6.07) is 6.37. The lowest BCUT2D eigenvalue weighted by Gasteiger charge is -2.22. The number of carbonyl (C=O) groups is 4. The molecule has 0 unspecified atom stereocenters. The Hall–Kier alpha value is -4.54. The molecule has 4 N–H and O–H groups in total. The molecular formula is C30H37N7O4. The number of aromatic nitrogens is 1. The topological polar surface area (TPSA) is 150 Å². The average molecular weight is 560 g/mol. The van der Waals surface area contributed by atoms with E-state index >= 15 is 0 Å². The van der Waals surface area contributed by atoms with Crippen LogP contribution in [-0.2, 0) is 20.9 Å². The molecule has 1 atom stereocenters. The molecule has 1 aromatic carbocycles. The molecule has 11 heteroatoms. The first-order valence-corrected chi connectivity index (χ1v) is 14.0. The molecule has 2 aliphatic rings. The molecule has 0 radical (unpaired) electrons. The summed E-state index contributed by atoms with van der Waals surface area (Å²) in [5.74, 6) is -0.314. The van der Waals surface area contributed by atoms with Crippen molar-refractivity contribution in [1.82, 2.24) is 20.1 Å². The molecule has 4 amide bonds. The summed E-state index contributed by atoms with van der Waals surface area (Å²) in [7, 11) is 0. The van der Waals surface area contributed by atoms with E-state index < -0.39 is 6.04 Å². The van der Waals surface area contributed by atoms with E-state index in [1.54, 1.807) is 30.5 Å². The number of nitrogens with zero attached hydrogens (tertiary/aromatic N) is 4. The van der Waals surface area contributed by atoms with Gasteiger partial charge in [0.25, 0.3) is 5.91 Å². The molecule has 1 aromatic heterocycles. The molecule has 41 heavy (non-hydrogen) atoms. The lowest BCUT2D eigenvalue weighted by atomic mass is 10.0. The summed E-state index contributed by atoms with van der Waals surface area (Å²) in [6.07, 6.45) is 9.05. The summed E-state index contributed by atoms with van der Waals surface area (Å²) >= 11 is 0. The molecule has 3 heterocycles. The van der Waals surface area contributed by atoms with Gasteiger partial charge in [-0.1, -0.05) is 19.9 Å². The Morgan fingerprint density at radius 1 is 1.15 bits per heavy atom. The number of amidine groups is 1. The van der Waals surface area contributed by atoms with Gasteiger partial charge in [0.2, 0.25) is 18.2 Å². The van der Waals surface area contributed by atoms with Crippen LogP contribution in [-0.4, -0.2) is 70.4 Å². The number of carbonyl (C=O) groups excluding carboxylic acids is 4. The van der Waals surface area contributed by atoms with Crippen molar-refractivity contribution >= 4 is 47.4 Å². The highest BCUT2D eigenvalue weighted by atomic mass is 16.2. The number of nitrogens with one attached hydrogen (secondary N) is 2. The number of aliphatic imine (C=N–C) groups is 1. The molecule has 0 bridgehead atoms. The Labute approximate surface area is 239 Å². The van der Waals surface area contributed by atoms with Crippen LogP contribution in [0.2, 0.25) is 0 Å². The molecule has 0 aliphatic carbocycles. The second-order valence-electron chi connectivity index (χ2n) is 10.3. The molecule has 1 fully saturated rings. The Morgan fingerprint density at radius 3 is 2.66 bits per heavy atom. The molecule has 2 aromatic rings. The maximum atomic E-state index is 13.2. The molecule has 11 nitrogen and oxygen atoms in total. The first-order chi connectivity index (χ1) is 19.8. The number of hydrogen-bond acceptors (Lipinski definition) is 7. The standard InChI is InChI=1S/C30H37N7O4/c1-3-9-36(10-4-2)30(41)23-13-21-7-8-22(14-25(21)35-27(31)15-23)28(39)34-24-12-20(16-32-18-24)17-33-29(40)26-6-5-11-37(26)19-38/h7-8,12-14,16,18-19,26H,3-6,9-11,15,17H2,1-2H3,(H2,31,35)(H,33,40)(H,34,39)/t26-/m0/s1. The van der Waals surface area contributed by atoms with Gasteiger partial charge in [-0.05, 0) is 55.5 Å². The van der Waals surface area contributed by atoms with Crippen molar-refractivity contribution < 1.29 is 19.2 Å². The van der Waals surface area contributed by atoms with Gasteiger partial charge in [-0.25, -0.2) is 4.99 Å². The SMILES string of the molecule is CCCN(CCC)C(=O)C1=Cc2ccc(C(=O)Nc3cncc(CNC(=O)[C@@H]4CCCN4C=O)c3)cc2N=C(N)C1. The maximum Gasteiger partial charge on any atom is 0.255 e. The summed E-state index contributed by atoms with van der Waals surface area (Å²) in [5, 5.41) is 5.68. The van der Waals surface area contributed by atoms with Gasteiger partial charge in [0, 0.05) is 55.5 Å². The molecule has 216 valence electrons. The van der Waals surface area contributed by atoms with Crippen LogP contribution < -0.4 is 16.4 Å². The number of nitrogens with two attached hydrogens (primary N) is 1. The highest BCUT2D eigenvalue weighted by Crippen LogP contribution is 2.29. The second kappa shape index (κ2) is 13.7. The minimum atomic E-state index is -0.455. The minimum Gasteiger partial charge on any atom is -0.387 e. The van der Waals surface area contributed by atoms with E-state index in [1.807, 2.05) is 24.8 Å². The van der Waals surface area contributed by atoms with Gasteiger partial charge in [-0.15, -0.1) is 0 Å². The van der Waals surface area contributed by atoms with E-state index in [-0.39, 0.29) is 30.7 Å². The first-order valence-electron chi connectivity index (χ1n) is 14.0. The van der Waals surface area contributed by atoms with Gasteiger partial charge < -0.3 is 26.2 Å².